The van der Waals surface area contributed by atoms with E-state index in [0.29, 0.717) is 5.58 Å². The topological polar surface area (TPSA) is 68.5 Å². The molecular formula is C13H12BrNO4. The maximum atomic E-state index is 11.8. The fourth-order valence-electron chi connectivity index (χ4n) is 1.58. The molecule has 6 heteroatoms. The molecule has 0 bridgehead atoms. The van der Waals surface area contributed by atoms with E-state index in [0.717, 1.165) is 9.86 Å². The lowest BCUT2D eigenvalue weighted by Gasteiger charge is -2.02. The van der Waals surface area contributed by atoms with Crippen molar-refractivity contribution in [3.05, 3.63) is 34.5 Å². The number of benzene rings is 1. The molecule has 1 amide bonds. The maximum absolute atomic E-state index is 11.8. The van der Waals surface area contributed by atoms with Crippen LogP contribution in [0, 0.1) is 0 Å². The van der Waals surface area contributed by atoms with Gasteiger partial charge in [0.1, 0.15) is 12.1 Å². The first-order valence-electron chi connectivity index (χ1n) is 5.73. The van der Waals surface area contributed by atoms with Gasteiger partial charge in [-0.1, -0.05) is 15.9 Å². The van der Waals surface area contributed by atoms with Crippen LogP contribution in [0.15, 0.2) is 33.2 Å². The van der Waals surface area contributed by atoms with Gasteiger partial charge in [-0.05, 0) is 31.2 Å². The van der Waals surface area contributed by atoms with Crippen molar-refractivity contribution in [3.8, 4) is 0 Å². The molecule has 1 aromatic heterocycles. The molecule has 0 atom stereocenters. The molecule has 1 aromatic carbocycles. The number of fused-ring (bicyclic) bond motifs is 1. The van der Waals surface area contributed by atoms with Gasteiger partial charge in [0.15, 0.2) is 5.76 Å². The second-order valence-corrected chi connectivity index (χ2v) is 4.70. The molecule has 2 rings (SSSR count). The Kier molecular flexibility index (Phi) is 4.21. The van der Waals surface area contributed by atoms with Gasteiger partial charge in [0.25, 0.3) is 5.91 Å². The number of hydrogen-bond acceptors (Lipinski definition) is 4. The predicted molar refractivity (Wildman–Crippen MR) is 72.9 cm³/mol. The van der Waals surface area contributed by atoms with Crippen LogP contribution in [0.2, 0.25) is 0 Å². The van der Waals surface area contributed by atoms with Gasteiger partial charge < -0.3 is 14.5 Å². The molecular weight excluding hydrogens is 314 g/mol. The third kappa shape index (κ3) is 3.35. The van der Waals surface area contributed by atoms with Crippen LogP contribution in [-0.2, 0) is 9.53 Å². The fraction of sp³-hybridized carbons (Fsp3) is 0.231. The molecule has 19 heavy (non-hydrogen) atoms. The number of hydrogen-bond donors (Lipinski definition) is 1. The van der Waals surface area contributed by atoms with E-state index in [-0.39, 0.29) is 18.9 Å². The van der Waals surface area contributed by atoms with Crippen molar-refractivity contribution in [2.75, 3.05) is 13.2 Å². The number of esters is 1. The number of carbonyl (C=O) groups excluding carboxylic acids is 2. The Morgan fingerprint density at radius 3 is 2.89 bits per heavy atom. The van der Waals surface area contributed by atoms with Gasteiger partial charge >= 0.3 is 5.97 Å². The first-order chi connectivity index (χ1) is 9.10. The molecule has 0 spiro atoms. The Bertz CT molecular complexity index is 620. The van der Waals surface area contributed by atoms with Gasteiger partial charge in [-0.15, -0.1) is 0 Å². The van der Waals surface area contributed by atoms with E-state index < -0.39 is 11.9 Å². The van der Waals surface area contributed by atoms with Crippen LogP contribution in [0.1, 0.15) is 17.5 Å². The average Bonchev–Trinajstić information content (AvgIpc) is 2.79. The van der Waals surface area contributed by atoms with Gasteiger partial charge in [0.05, 0.1) is 6.61 Å². The maximum Gasteiger partial charge on any atom is 0.325 e. The quantitative estimate of drug-likeness (QED) is 0.877. The van der Waals surface area contributed by atoms with E-state index in [4.69, 9.17) is 9.15 Å². The highest BCUT2D eigenvalue weighted by Gasteiger charge is 2.13. The molecule has 0 radical (unpaired) electrons. The molecule has 0 saturated heterocycles. The summed E-state index contributed by atoms with van der Waals surface area (Å²) in [5.41, 5.74) is 0.615. The Morgan fingerprint density at radius 1 is 1.37 bits per heavy atom. The second-order valence-electron chi connectivity index (χ2n) is 3.78. The Morgan fingerprint density at radius 2 is 2.16 bits per heavy atom. The first kappa shape index (κ1) is 13.6. The van der Waals surface area contributed by atoms with Crippen molar-refractivity contribution in [1.29, 1.82) is 0 Å². The fourth-order valence-corrected chi connectivity index (χ4v) is 1.96. The summed E-state index contributed by atoms with van der Waals surface area (Å²) in [5.74, 6) is -0.757. The Hall–Kier alpha value is -1.82. The van der Waals surface area contributed by atoms with Gasteiger partial charge in [0, 0.05) is 9.86 Å². The number of amides is 1. The van der Waals surface area contributed by atoms with Gasteiger partial charge in [-0.25, -0.2) is 0 Å². The van der Waals surface area contributed by atoms with E-state index in [9.17, 15) is 9.59 Å². The van der Waals surface area contributed by atoms with Crippen LogP contribution < -0.4 is 5.32 Å². The van der Waals surface area contributed by atoms with E-state index in [1.807, 2.05) is 12.1 Å². The summed E-state index contributed by atoms with van der Waals surface area (Å²) in [5, 5.41) is 3.26. The van der Waals surface area contributed by atoms with E-state index in [1.54, 1.807) is 19.1 Å². The first-order valence-corrected chi connectivity index (χ1v) is 6.52. The predicted octanol–water partition coefficient (Wildman–Crippen LogP) is 2.49. The zero-order chi connectivity index (χ0) is 13.8. The minimum absolute atomic E-state index is 0.164. The minimum atomic E-state index is -0.477. The highest BCUT2D eigenvalue weighted by molar-refractivity contribution is 9.10. The number of rotatable bonds is 4. The van der Waals surface area contributed by atoms with Crippen molar-refractivity contribution >= 4 is 38.8 Å². The Labute approximate surface area is 118 Å². The summed E-state index contributed by atoms with van der Waals surface area (Å²) >= 11 is 3.34. The molecule has 1 heterocycles. The third-order valence-electron chi connectivity index (χ3n) is 2.40. The number of nitrogens with one attached hydrogen (secondary N) is 1. The molecule has 0 saturated carbocycles. The van der Waals surface area contributed by atoms with Crippen molar-refractivity contribution in [1.82, 2.24) is 5.32 Å². The van der Waals surface area contributed by atoms with Crippen LogP contribution in [0.25, 0.3) is 11.0 Å². The smallest absolute Gasteiger partial charge is 0.325 e. The van der Waals surface area contributed by atoms with Crippen LogP contribution in [0.3, 0.4) is 0 Å². The lowest BCUT2D eigenvalue weighted by Crippen LogP contribution is -2.30. The standard InChI is InChI=1S/C13H12BrNO4/c1-2-18-12(16)7-15-13(17)11-6-8-5-9(14)3-4-10(8)19-11/h3-6H,2,7H2,1H3,(H,15,17). The molecule has 0 fully saturated rings. The monoisotopic (exact) mass is 325 g/mol. The number of carbonyl (C=O) groups is 2. The average molecular weight is 326 g/mol. The zero-order valence-electron chi connectivity index (χ0n) is 10.2. The van der Waals surface area contributed by atoms with E-state index >= 15 is 0 Å². The molecule has 0 aliphatic heterocycles. The third-order valence-corrected chi connectivity index (χ3v) is 2.89. The van der Waals surface area contributed by atoms with Gasteiger partial charge in [-0.2, -0.15) is 0 Å². The van der Waals surface area contributed by atoms with Gasteiger partial charge in [0.2, 0.25) is 0 Å². The lowest BCUT2D eigenvalue weighted by molar-refractivity contribution is -0.141. The highest BCUT2D eigenvalue weighted by atomic mass is 79.9. The summed E-state index contributed by atoms with van der Waals surface area (Å²) in [7, 11) is 0. The summed E-state index contributed by atoms with van der Waals surface area (Å²) in [6.07, 6.45) is 0. The normalized spacial score (nSPS) is 10.4. The van der Waals surface area contributed by atoms with Crippen molar-refractivity contribution < 1.29 is 18.7 Å². The van der Waals surface area contributed by atoms with Crippen LogP contribution in [-0.4, -0.2) is 25.0 Å². The van der Waals surface area contributed by atoms with E-state index in [1.165, 1.54) is 0 Å². The molecule has 5 nitrogen and oxygen atoms in total. The second kappa shape index (κ2) is 5.88. The molecule has 2 aromatic rings. The summed E-state index contributed by atoms with van der Waals surface area (Å²) in [4.78, 5) is 22.9. The van der Waals surface area contributed by atoms with Crippen molar-refractivity contribution in [2.24, 2.45) is 0 Å². The molecule has 100 valence electrons. The minimum Gasteiger partial charge on any atom is -0.465 e. The molecule has 0 aliphatic rings. The number of halogens is 1. The lowest BCUT2D eigenvalue weighted by atomic mass is 10.2. The molecule has 1 N–H and O–H groups in total. The van der Waals surface area contributed by atoms with Gasteiger partial charge in [-0.3, -0.25) is 9.59 Å². The van der Waals surface area contributed by atoms with Crippen LogP contribution in [0.5, 0.6) is 0 Å². The number of ether oxygens (including phenoxy) is 1. The molecule has 0 unspecified atom stereocenters. The SMILES string of the molecule is CCOC(=O)CNC(=O)c1cc2cc(Br)ccc2o1. The summed E-state index contributed by atoms with van der Waals surface area (Å²) in [6, 6.07) is 7.06. The molecule has 0 aliphatic carbocycles. The van der Waals surface area contributed by atoms with E-state index in [2.05, 4.69) is 21.2 Å². The van der Waals surface area contributed by atoms with Crippen molar-refractivity contribution in [3.63, 3.8) is 0 Å². The summed E-state index contributed by atoms with van der Waals surface area (Å²) < 4.78 is 11.0. The number of furan rings is 1. The largest absolute Gasteiger partial charge is 0.465 e. The zero-order valence-corrected chi connectivity index (χ0v) is 11.8. The highest BCUT2D eigenvalue weighted by Crippen LogP contribution is 2.23. The Balaban J connectivity index is 2.07. The summed E-state index contributed by atoms with van der Waals surface area (Å²) in [6.45, 7) is 1.82. The van der Waals surface area contributed by atoms with Crippen LogP contribution >= 0.6 is 15.9 Å². The van der Waals surface area contributed by atoms with Crippen molar-refractivity contribution in [2.45, 2.75) is 6.92 Å². The van der Waals surface area contributed by atoms with Crippen LogP contribution in [0.4, 0.5) is 0 Å².